The second-order valence-electron chi connectivity index (χ2n) is 20.3. The van der Waals surface area contributed by atoms with Crippen LogP contribution >= 0.6 is 35.4 Å². The average Bonchev–Trinajstić information content (AvgIpc) is 3.77. The predicted octanol–water partition coefficient (Wildman–Crippen LogP) is 5.37. The number of aliphatic carboxylic acids is 1. The molecule has 0 aromatic heterocycles. The summed E-state index contributed by atoms with van der Waals surface area (Å²) in [6, 6.07) is 2.30. The molecule has 2 aromatic carbocycles. The summed E-state index contributed by atoms with van der Waals surface area (Å²) in [6.45, 7) is 7.90. The van der Waals surface area contributed by atoms with Crippen LogP contribution in [-0.4, -0.2) is 162 Å². The van der Waals surface area contributed by atoms with Crippen molar-refractivity contribution in [3.8, 4) is 5.75 Å². The van der Waals surface area contributed by atoms with Gasteiger partial charge in [-0.15, -0.1) is 0 Å². The summed E-state index contributed by atoms with van der Waals surface area (Å²) < 4.78 is 31.5. The normalized spacial score (nSPS) is 20.9. The van der Waals surface area contributed by atoms with E-state index >= 15 is 0 Å². The van der Waals surface area contributed by atoms with Crippen molar-refractivity contribution in [2.75, 3.05) is 57.6 Å². The number of carboxylic acids is 1. The molecule has 4 aliphatic rings. The summed E-state index contributed by atoms with van der Waals surface area (Å²) in [5, 5.41) is 35.6. The summed E-state index contributed by atoms with van der Waals surface area (Å²) >= 11 is 17.9. The van der Waals surface area contributed by atoms with Gasteiger partial charge in [-0.1, -0.05) is 67.3 Å². The zero-order chi connectivity index (χ0) is 62.4. The Labute approximate surface area is 502 Å². The van der Waals surface area contributed by atoms with Crippen LogP contribution in [0.4, 0.5) is 25.4 Å². The molecule has 28 heteroatoms. The first-order valence-electron chi connectivity index (χ1n) is 27.2. The molecule has 24 nitrogen and oxygen atoms in total. The van der Waals surface area contributed by atoms with E-state index in [2.05, 4.69) is 45.7 Å². The van der Waals surface area contributed by atoms with Gasteiger partial charge in [0, 0.05) is 71.6 Å². The Morgan fingerprint density at radius 1 is 1.01 bits per heavy atom. The van der Waals surface area contributed by atoms with Gasteiger partial charge in [-0.05, 0) is 94.4 Å². The molecule has 2 saturated heterocycles. The fourth-order valence-electron chi connectivity index (χ4n) is 8.64. The fourth-order valence-corrected chi connectivity index (χ4v) is 9.38. The van der Waals surface area contributed by atoms with Crippen molar-refractivity contribution in [1.29, 1.82) is 0 Å². The Kier molecular flexibility index (Phi) is 27.3. The third-order valence-corrected chi connectivity index (χ3v) is 14.3. The number of rotatable bonds is 18. The van der Waals surface area contributed by atoms with Crippen molar-refractivity contribution >= 4 is 105 Å². The molecule has 3 unspecified atom stereocenters. The summed E-state index contributed by atoms with van der Waals surface area (Å²) in [5.41, 5.74) is 5.58. The van der Waals surface area contributed by atoms with Crippen LogP contribution in [0.15, 0.2) is 60.2 Å². The first kappa shape index (κ1) is 69.1. The molecule has 2 aromatic rings. The van der Waals surface area contributed by atoms with Gasteiger partial charge < -0.3 is 66.5 Å². The highest BCUT2D eigenvalue weighted by Gasteiger charge is 2.45. The second kappa shape index (κ2) is 33.2. The number of epoxide rings is 1. The topological polar surface area (TPSA) is 333 Å². The van der Waals surface area contributed by atoms with Crippen LogP contribution in [0.1, 0.15) is 108 Å². The lowest BCUT2D eigenvalue weighted by molar-refractivity contribution is -0.141. The summed E-state index contributed by atoms with van der Waals surface area (Å²) in [6.07, 6.45) is 11.8. The lowest BCUT2D eigenvalue weighted by atomic mass is 9.96. The van der Waals surface area contributed by atoms with Crippen LogP contribution < -0.4 is 47.3 Å². The molecular formula is C56H75Cl2FN10O14S. The number of nitrogens with one attached hydrogen (secondary N) is 6. The minimum absolute atomic E-state index is 0.00187. The molecule has 4 bridgehead atoms. The third-order valence-electron chi connectivity index (χ3n) is 13.3. The van der Waals surface area contributed by atoms with E-state index in [4.69, 9.17) is 60.5 Å². The lowest BCUT2D eigenvalue weighted by Gasteiger charge is -2.36. The minimum atomic E-state index is -1.37. The van der Waals surface area contributed by atoms with Crippen molar-refractivity contribution in [2.45, 2.75) is 134 Å². The van der Waals surface area contributed by atoms with E-state index in [9.17, 15) is 52.6 Å². The molecule has 4 heterocycles. The molecule has 6 rings (SSSR count). The number of thiocarbonyl (C=S) groups is 1. The summed E-state index contributed by atoms with van der Waals surface area (Å²) in [5.74, 6) is -4.96. The number of halogens is 3. The van der Waals surface area contributed by atoms with Crippen LogP contribution in [0, 0.1) is 5.82 Å². The molecule has 0 spiro atoms. The molecule has 4 aliphatic heterocycles. The monoisotopic (exact) mass is 1230 g/mol. The number of amides is 9. The van der Waals surface area contributed by atoms with Crippen LogP contribution in [-0.2, 0) is 44.7 Å². The number of imide groups is 1. The maximum absolute atomic E-state index is 15.0. The van der Waals surface area contributed by atoms with Gasteiger partial charge in [0.05, 0.1) is 47.8 Å². The minimum Gasteiger partial charge on any atom is -0.495 e. The van der Waals surface area contributed by atoms with E-state index in [1.54, 1.807) is 19.1 Å². The molecule has 10 N–H and O–H groups in total. The number of alkyl carbamates (subject to hydrolysis) is 1. The number of benzene rings is 2. The van der Waals surface area contributed by atoms with Crippen molar-refractivity contribution in [1.82, 2.24) is 36.4 Å². The van der Waals surface area contributed by atoms with Crippen molar-refractivity contribution in [3.63, 3.8) is 0 Å². The number of hydrogen-bond donors (Lipinski definition) is 9. The maximum Gasteiger partial charge on any atom is 0.409 e. The Morgan fingerprint density at radius 2 is 1.69 bits per heavy atom. The molecule has 2 fully saturated rings. The van der Waals surface area contributed by atoms with Gasteiger partial charge in [-0.2, -0.15) is 0 Å². The van der Waals surface area contributed by atoms with Crippen LogP contribution in [0.5, 0.6) is 5.75 Å². The van der Waals surface area contributed by atoms with Gasteiger partial charge >= 0.3 is 18.1 Å². The van der Waals surface area contributed by atoms with Gasteiger partial charge in [0.15, 0.2) is 5.11 Å². The summed E-state index contributed by atoms with van der Waals surface area (Å²) in [7, 11) is 4.48. The molecule has 0 saturated carbocycles. The molecule has 6 atom stereocenters. The highest BCUT2D eigenvalue weighted by Crippen LogP contribution is 2.38. The number of carboxylic acid groups (broad SMARTS) is 1. The number of carbonyl (C=O) groups excluding carboxylic acids is 8. The Balaban J connectivity index is 0.000000359. The third kappa shape index (κ3) is 21.7. The predicted molar refractivity (Wildman–Crippen MR) is 316 cm³/mol. The number of nitrogens with zero attached hydrogens (tertiary/aromatic N) is 3. The maximum atomic E-state index is 15.0. The molecule has 0 radical (unpaired) electrons. The van der Waals surface area contributed by atoms with Gasteiger partial charge in [0.1, 0.15) is 40.5 Å². The van der Waals surface area contributed by atoms with Gasteiger partial charge in [-0.25, -0.2) is 18.8 Å². The second-order valence-corrected chi connectivity index (χ2v) is 21.4. The van der Waals surface area contributed by atoms with E-state index in [1.165, 1.54) is 32.5 Å². The number of likely N-dealkylation sites (N-methyl/N-ethyl adjacent to an activating group) is 1. The molecule has 9 amide bonds. The van der Waals surface area contributed by atoms with E-state index in [0.29, 0.717) is 61.5 Å². The van der Waals surface area contributed by atoms with Crippen LogP contribution in [0.2, 0.25) is 10.0 Å². The molecule has 84 heavy (non-hydrogen) atoms. The Morgan fingerprint density at radius 3 is 2.35 bits per heavy atom. The fraction of sp³-hybridized carbons (Fsp3) is 0.500. The zero-order valence-electron chi connectivity index (χ0n) is 47.9. The quantitative estimate of drug-likeness (QED) is 0.0392. The van der Waals surface area contributed by atoms with E-state index in [-0.39, 0.29) is 90.9 Å². The number of primary amides is 1. The lowest BCUT2D eigenvalue weighted by Crippen LogP contribution is -2.56. The number of methoxy groups -OCH3 is 1. The van der Waals surface area contributed by atoms with Crippen molar-refractivity contribution in [3.05, 3.63) is 87.2 Å². The van der Waals surface area contributed by atoms with E-state index < -0.39 is 71.2 Å². The van der Waals surface area contributed by atoms with E-state index in [0.717, 1.165) is 33.1 Å². The number of urea groups is 1. The SMILES string of the molecule is CCC.COc1cc2cc(c1Cl)N(C)C(=O)CCC1O[C@H]1CC1C[C@](O)(C/C=C/C=C(\C)C2)NC(=O)O1.C[C@@H](C(=O)O)N(C)C(=O)c1cc(F)c(NC(=O)C(CCCNC(N)=O)NC(=O)CNC(=S)NCCCCN2C(=O)C=CC2=O)cc1Cl. The number of fused-ring (bicyclic) bond motifs is 5. The van der Waals surface area contributed by atoms with Crippen molar-refractivity contribution < 1.29 is 72.0 Å². The smallest absolute Gasteiger partial charge is 0.409 e. The summed E-state index contributed by atoms with van der Waals surface area (Å²) in [4.78, 5) is 112. The number of aliphatic hydroxyl groups is 1. The number of hydrogen-bond acceptors (Lipinski definition) is 14. The van der Waals surface area contributed by atoms with Gasteiger partial charge in [-0.3, -0.25) is 39.0 Å². The largest absolute Gasteiger partial charge is 0.495 e. The standard InChI is InChI=1S/C28H36ClFN8O8S.C25H31ClN2O6.C3H8/c1-15(26(44)45)37(2)25(43)16-12-18(30)20(13-17(16)29)36-24(42)19(6-5-10-32-27(31)46)35-21(39)14-34-28(47)33-9-3-4-11-38-22(40)7-8-23(38)41;1-15-6-4-5-9-25(31)14-17(33-24(30)27-25)13-20-19(34-20)7-8-22(29)28(2)18-11-16(10-15)12-21(32-3)23(18)26;1-3-2/h7-8,12-13,15,19H,3-6,9-11,14H2,1-2H3,(H,35,39)(H,36,42)(H,44,45)(H3,31,32,46)(H2,33,34,47);4-6,11-12,17,19-20,31H,7-10,13-14H2,1-3H3,(H,27,30);3H2,1-2H3/b;5-4+,15-6+;/t15-,19?;17?,19?,20-,25+;/m00./s1. The van der Waals surface area contributed by atoms with Gasteiger partial charge in [0.2, 0.25) is 17.7 Å². The first-order valence-corrected chi connectivity index (χ1v) is 28.4. The number of anilines is 2. The first-order chi connectivity index (χ1) is 39.7. The number of unbranched alkanes of at least 4 members (excludes halogenated alkanes) is 1. The van der Waals surface area contributed by atoms with Crippen LogP contribution in [0.3, 0.4) is 0 Å². The highest BCUT2D eigenvalue weighted by molar-refractivity contribution is 7.80. The van der Waals surface area contributed by atoms with Gasteiger partial charge in [0.25, 0.3) is 17.7 Å². The Hall–Kier alpha value is -7.39. The zero-order valence-corrected chi connectivity index (χ0v) is 50.3. The average molecular weight is 1230 g/mol. The number of carbonyl (C=O) groups is 9. The highest BCUT2D eigenvalue weighted by atomic mass is 35.5. The van der Waals surface area contributed by atoms with E-state index in [1.807, 2.05) is 37.3 Å². The molecule has 0 aliphatic carbocycles. The molecular weight excluding hydrogens is 1160 g/mol. The Bertz CT molecular complexity index is 2840. The number of ether oxygens (including phenoxy) is 3. The molecule has 460 valence electrons. The number of allylic oxidation sites excluding steroid dienone is 3. The van der Waals surface area contributed by atoms with Crippen LogP contribution in [0.25, 0.3) is 0 Å². The number of nitrogens with two attached hydrogens (primary N) is 1. The van der Waals surface area contributed by atoms with Crippen molar-refractivity contribution in [2.24, 2.45) is 5.73 Å².